The number of amides is 2. The summed E-state index contributed by atoms with van der Waals surface area (Å²) in [6.07, 6.45) is 1.95. The average molecular weight is 406 g/mol. The Labute approximate surface area is 170 Å². The summed E-state index contributed by atoms with van der Waals surface area (Å²) in [6, 6.07) is 15.2. The van der Waals surface area contributed by atoms with E-state index in [2.05, 4.69) is 20.8 Å². The molecule has 4 aromatic rings. The number of aromatic amines is 1. The Morgan fingerprint density at radius 3 is 2.69 bits per heavy atom. The second-order valence-electron chi connectivity index (χ2n) is 6.30. The quantitative estimate of drug-likeness (QED) is 0.443. The van der Waals surface area contributed by atoms with Crippen molar-refractivity contribution in [3.05, 3.63) is 71.4 Å². The highest BCUT2D eigenvalue weighted by Gasteiger charge is 2.14. The number of H-pyrrole nitrogens is 1. The Hall–Kier alpha value is -3.65. The molecule has 7 nitrogen and oxygen atoms in total. The van der Waals surface area contributed by atoms with E-state index < -0.39 is 5.91 Å². The highest BCUT2D eigenvalue weighted by molar-refractivity contribution is 7.13. The molecule has 0 aliphatic heterocycles. The summed E-state index contributed by atoms with van der Waals surface area (Å²) >= 11 is 1.35. The van der Waals surface area contributed by atoms with Gasteiger partial charge >= 0.3 is 0 Å². The zero-order valence-electron chi connectivity index (χ0n) is 15.6. The van der Waals surface area contributed by atoms with Crippen LogP contribution in [0.5, 0.6) is 5.75 Å². The van der Waals surface area contributed by atoms with Gasteiger partial charge in [0.05, 0.1) is 13.5 Å². The molecule has 0 spiro atoms. The van der Waals surface area contributed by atoms with Crippen LogP contribution in [-0.4, -0.2) is 28.9 Å². The maximum Gasteiger partial charge on any atom is 0.289 e. The first-order valence-corrected chi connectivity index (χ1v) is 9.76. The smallest absolute Gasteiger partial charge is 0.289 e. The van der Waals surface area contributed by atoms with Crippen molar-refractivity contribution in [1.82, 2.24) is 20.8 Å². The molecule has 2 aromatic heterocycles. The van der Waals surface area contributed by atoms with Gasteiger partial charge < -0.3 is 9.72 Å². The van der Waals surface area contributed by atoms with E-state index in [-0.39, 0.29) is 18.0 Å². The molecule has 146 valence electrons. The Morgan fingerprint density at radius 2 is 1.90 bits per heavy atom. The SMILES string of the molecule is COc1ccc(-c2nc(C(=O)NNC(=O)Cc3c[nH]c4ccccc34)cs2)cc1. The van der Waals surface area contributed by atoms with Gasteiger partial charge in [0.2, 0.25) is 5.91 Å². The first-order chi connectivity index (χ1) is 14.1. The van der Waals surface area contributed by atoms with Crippen LogP contribution >= 0.6 is 11.3 Å². The molecule has 2 amide bonds. The molecule has 0 fully saturated rings. The molecule has 0 aliphatic rings. The third-order valence-corrected chi connectivity index (χ3v) is 5.31. The monoisotopic (exact) mass is 406 g/mol. The molecule has 0 unspecified atom stereocenters. The largest absolute Gasteiger partial charge is 0.497 e. The van der Waals surface area contributed by atoms with Crippen LogP contribution < -0.4 is 15.6 Å². The number of fused-ring (bicyclic) bond motifs is 1. The molecule has 0 bridgehead atoms. The van der Waals surface area contributed by atoms with Gasteiger partial charge in [0.1, 0.15) is 16.5 Å². The lowest BCUT2D eigenvalue weighted by atomic mass is 10.1. The van der Waals surface area contributed by atoms with Gasteiger partial charge in [-0.3, -0.25) is 20.4 Å². The predicted molar refractivity (Wildman–Crippen MR) is 112 cm³/mol. The van der Waals surface area contributed by atoms with Crippen molar-refractivity contribution in [3.8, 4) is 16.3 Å². The minimum Gasteiger partial charge on any atom is -0.497 e. The number of ether oxygens (including phenoxy) is 1. The molecule has 8 heteroatoms. The summed E-state index contributed by atoms with van der Waals surface area (Å²) < 4.78 is 5.14. The molecule has 4 rings (SSSR count). The normalized spacial score (nSPS) is 10.7. The maximum absolute atomic E-state index is 12.3. The van der Waals surface area contributed by atoms with Gasteiger partial charge in [0.25, 0.3) is 5.91 Å². The second-order valence-corrected chi connectivity index (χ2v) is 7.16. The number of thiazole rings is 1. The van der Waals surface area contributed by atoms with E-state index in [1.807, 2.05) is 48.5 Å². The zero-order chi connectivity index (χ0) is 20.2. The van der Waals surface area contributed by atoms with Gasteiger partial charge in [-0.25, -0.2) is 4.98 Å². The summed E-state index contributed by atoms with van der Waals surface area (Å²) in [5.41, 5.74) is 7.82. The van der Waals surface area contributed by atoms with E-state index in [4.69, 9.17) is 4.74 Å². The van der Waals surface area contributed by atoms with Crippen molar-refractivity contribution < 1.29 is 14.3 Å². The number of para-hydroxylation sites is 1. The topological polar surface area (TPSA) is 96.1 Å². The number of methoxy groups -OCH3 is 1. The molecule has 0 saturated heterocycles. The third kappa shape index (κ3) is 4.12. The van der Waals surface area contributed by atoms with Gasteiger partial charge in [-0.15, -0.1) is 11.3 Å². The standard InChI is InChI=1S/C21H18N4O3S/c1-28-15-8-6-13(7-9-15)21-23-18(12-29-21)20(27)25-24-19(26)10-14-11-22-17-5-3-2-4-16(14)17/h2-9,11-12,22H,10H2,1H3,(H,24,26)(H,25,27). The summed E-state index contributed by atoms with van der Waals surface area (Å²) in [7, 11) is 1.60. The van der Waals surface area contributed by atoms with Crippen molar-refractivity contribution in [2.24, 2.45) is 0 Å². The molecule has 3 N–H and O–H groups in total. The number of aromatic nitrogens is 2. The number of carbonyl (C=O) groups excluding carboxylic acids is 2. The fourth-order valence-corrected chi connectivity index (χ4v) is 3.74. The summed E-state index contributed by atoms with van der Waals surface area (Å²) in [5.74, 6) is -0.0248. The van der Waals surface area contributed by atoms with E-state index in [0.29, 0.717) is 5.01 Å². The summed E-state index contributed by atoms with van der Waals surface area (Å²) in [6.45, 7) is 0. The number of hydrogen-bond donors (Lipinski definition) is 3. The molecule has 0 aliphatic carbocycles. The summed E-state index contributed by atoms with van der Waals surface area (Å²) in [4.78, 5) is 32.0. The Bertz CT molecular complexity index is 1160. The van der Waals surface area contributed by atoms with Gasteiger partial charge in [0.15, 0.2) is 0 Å². The first kappa shape index (κ1) is 18.7. The van der Waals surface area contributed by atoms with E-state index in [9.17, 15) is 9.59 Å². The number of nitrogens with one attached hydrogen (secondary N) is 3. The van der Waals surface area contributed by atoms with Crippen LogP contribution in [0.15, 0.2) is 60.1 Å². The molecule has 2 heterocycles. The highest BCUT2D eigenvalue weighted by Crippen LogP contribution is 2.25. The molecular formula is C21H18N4O3S. The van der Waals surface area contributed by atoms with Crippen LogP contribution in [0.4, 0.5) is 0 Å². The number of hydrazine groups is 1. The van der Waals surface area contributed by atoms with Crippen LogP contribution in [0, 0.1) is 0 Å². The average Bonchev–Trinajstić information content (AvgIpc) is 3.40. The fourth-order valence-electron chi connectivity index (χ4n) is 2.93. The Kier molecular flexibility index (Phi) is 5.26. The lowest BCUT2D eigenvalue weighted by molar-refractivity contribution is -0.121. The lowest BCUT2D eigenvalue weighted by Crippen LogP contribution is -2.42. The van der Waals surface area contributed by atoms with E-state index >= 15 is 0 Å². The number of carbonyl (C=O) groups is 2. The third-order valence-electron chi connectivity index (χ3n) is 4.42. The van der Waals surface area contributed by atoms with Crippen LogP contribution in [0.3, 0.4) is 0 Å². The molecule has 2 aromatic carbocycles. The van der Waals surface area contributed by atoms with E-state index in [1.54, 1.807) is 18.7 Å². The van der Waals surface area contributed by atoms with Crippen molar-refractivity contribution >= 4 is 34.1 Å². The van der Waals surface area contributed by atoms with Crippen LogP contribution in [-0.2, 0) is 11.2 Å². The minimum atomic E-state index is -0.465. The zero-order valence-corrected chi connectivity index (χ0v) is 16.4. The Balaban J connectivity index is 1.35. The van der Waals surface area contributed by atoms with E-state index in [1.165, 1.54) is 11.3 Å². The molecule has 0 atom stereocenters. The predicted octanol–water partition coefficient (Wildman–Crippen LogP) is 3.30. The van der Waals surface area contributed by atoms with Crippen molar-refractivity contribution in [2.75, 3.05) is 7.11 Å². The van der Waals surface area contributed by atoms with Crippen molar-refractivity contribution in [1.29, 1.82) is 0 Å². The Morgan fingerprint density at radius 1 is 1.10 bits per heavy atom. The van der Waals surface area contributed by atoms with Gasteiger partial charge in [-0.05, 0) is 35.9 Å². The maximum atomic E-state index is 12.3. The molecule has 0 saturated carbocycles. The number of rotatable bonds is 5. The highest BCUT2D eigenvalue weighted by atomic mass is 32.1. The van der Waals surface area contributed by atoms with Gasteiger partial charge in [-0.1, -0.05) is 18.2 Å². The lowest BCUT2D eigenvalue weighted by Gasteiger charge is -2.05. The van der Waals surface area contributed by atoms with Crippen molar-refractivity contribution in [2.45, 2.75) is 6.42 Å². The fraction of sp³-hybridized carbons (Fsp3) is 0.0952. The van der Waals surface area contributed by atoms with E-state index in [0.717, 1.165) is 27.8 Å². The van der Waals surface area contributed by atoms with Crippen molar-refractivity contribution in [3.63, 3.8) is 0 Å². The van der Waals surface area contributed by atoms with Crippen LogP contribution in [0.25, 0.3) is 21.5 Å². The molecule has 29 heavy (non-hydrogen) atoms. The molecular weight excluding hydrogens is 388 g/mol. The second kappa shape index (κ2) is 8.15. The van der Waals surface area contributed by atoms with Gasteiger partial charge in [0, 0.05) is 28.0 Å². The van der Waals surface area contributed by atoms with Gasteiger partial charge in [-0.2, -0.15) is 0 Å². The molecule has 0 radical (unpaired) electrons. The number of hydrogen-bond acceptors (Lipinski definition) is 5. The van der Waals surface area contributed by atoms with Crippen LogP contribution in [0.2, 0.25) is 0 Å². The first-order valence-electron chi connectivity index (χ1n) is 8.88. The van der Waals surface area contributed by atoms with Crippen LogP contribution in [0.1, 0.15) is 16.1 Å². The minimum absolute atomic E-state index is 0.151. The number of nitrogens with zero attached hydrogens (tertiary/aromatic N) is 1. The number of benzene rings is 2. The summed E-state index contributed by atoms with van der Waals surface area (Å²) in [5, 5.41) is 3.35.